The number of sulfone groups is 1. The molecule has 0 radical (unpaired) electrons. The van der Waals surface area contributed by atoms with E-state index in [1.807, 2.05) is 5.43 Å². The standard InChI is InChI=1S/C9H18N2O4S/c1-9(2,8(12)11-10)16(13,14)7-3-5-15-6-4-7/h7H,3-6,10H2,1-2H3,(H,11,12). The second-order valence-corrected chi connectivity index (χ2v) is 7.12. The van der Waals surface area contributed by atoms with Crippen LogP contribution in [0, 0.1) is 0 Å². The van der Waals surface area contributed by atoms with Crippen molar-refractivity contribution in [2.24, 2.45) is 5.84 Å². The Balaban J connectivity index is 2.95. The van der Waals surface area contributed by atoms with Gasteiger partial charge < -0.3 is 4.74 Å². The van der Waals surface area contributed by atoms with Crippen molar-refractivity contribution >= 4 is 15.7 Å². The first kappa shape index (κ1) is 13.4. The van der Waals surface area contributed by atoms with Gasteiger partial charge in [0.15, 0.2) is 9.84 Å². The zero-order valence-electron chi connectivity index (χ0n) is 9.52. The van der Waals surface area contributed by atoms with Gasteiger partial charge in [-0.25, -0.2) is 14.3 Å². The minimum atomic E-state index is -3.54. The fourth-order valence-electron chi connectivity index (χ4n) is 1.71. The molecular weight excluding hydrogens is 232 g/mol. The number of rotatable bonds is 3. The van der Waals surface area contributed by atoms with Crippen molar-refractivity contribution in [2.45, 2.75) is 36.7 Å². The van der Waals surface area contributed by atoms with Gasteiger partial charge in [-0.05, 0) is 26.7 Å². The molecule has 1 heterocycles. The Labute approximate surface area is 95.4 Å². The molecule has 6 nitrogen and oxygen atoms in total. The smallest absolute Gasteiger partial charge is 0.254 e. The maximum Gasteiger partial charge on any atom is 0.254 e. The van der Waals surface area contributed by atoms with Crippen LogP contribution in [0.3, 0.4) is 0 Å². The van der Waals surface area contributed by atoms with Gasteiger partial charge in [-0.15, -0.1) is 0 Å². The lowest BCUT2D eigenvalue weighted by atomic mass is 10.2. The predicted molar refractivity (Wildman–Crippen MR) is 59.2 cm³/mol. The molecule has 1 aliphatic rings. The molecule has 0 unspecified atom stereocenters. The number of amides is 1. The highest BCUT2D eigenvalue weighted by molar-refractivity contribution is 7.94. The third kappa shape index (κ3) is 2.21. The van der Waals surface area contributed by atoms with Gasteiger partial charge in [0.05, 0.1) is 5.25 Å². The summed E-state index contributed by atoms with van der Waals surface area (Å²) in [7, 11) is -3.54. The topological polar surface area (TPSA) is 98.5 Å². The van der Waals surface area contributed by atoms with Crippen LogP contribution in [-0.4, -0.2) is 37.5 Å². The van der Waals surface area contributed by atoms with Crippen LogP contribution in [0.25, 0.3) is 0 Å². The Hall–Kier alpha value is -0.660. The van der Waals surface area contributed by atoms with Gasteiger partial charge in [0.2, 0.25) is 0 Å². The molecule has 0 aromatic heterocycles. The summed E-state index contributed by atoms with van der Waals surface area (Å²) in [5, 5.41) is -0.520. The molecule has 1 fully saturated rings. The summed E-state index contributed by atoms with van der Waals surface area (Å²) in [5.41, 5.74) is 1.90. The lowest BCUT2D eigenvalue weighted by Gasteiger charge is -2.30. The SMILES string of the molecule is CC(C)(C(=O)NN)S(=O)(=O)C1CCOCC1. The molecule has 7 heteroatoms. The average Bonchev–Trinajstić information content (AvgIpc) is 2.28. The Morgan fingerprint density at radius 3 is 2.31 bits per heavy atom. The molecule has 3 N–H and O–H groups in total. The van der Waals surface area contributed by atoms with Crippen LogP contribution in [0.2, 0.25) is 0 Å². The molecule has 0 aromatic carbocycles. The molecule has 0 bridgehead atoms. The van der Waals surface area contributed by atoms with Crippen LogP contribution in [0.4, 0.5) is 0 Å². The molecule has 0 atom stereocenters. The molecule has 94 valence electrons. The molecule has 0 spiro atoms. The fourth-order valence-corrected chi connectivity index (χ4v) is 3.67. The maximum atomic E-state index is 12.2. The first-order chi connectivity index (χ1) is 7.34. The predicted octanol–water partition coefficient (Wildman–Crippen LogP) is -0.651. The molecule has 0 aliphatic carbocycles. The first-order valence-corrected chi connectivity index (χ1v) is 6.71. The van der Waals surface area contributed by atoms with E-state index in [0.717, 1.165) is 0 Å². The van der Waals surface area contributed by atoms with E-state index in [1.54, 1.807) is 0 Å². The zero-order chi connectivity index (χ0) is 12.4. The van der Waals surface area contributed by atoms with Crippen molar-refractivity contribution in [3.05, 3.63) is 0 Å². The van der Waals surface area contributed by atoms with Crippen molar-refractivity contribution in [1.82, 2.24) is 5.43 Å². The monoisotopic (exact) mass is 250 g/mol. The van der Waals surface area contributed by atoms with Gasteiger partial charge in [0, 0.05) is 13.2 Å². The van der Waals surface area contributed by atoms with Gasteiger partial charge in [0.25, 0.3) is 5.91 Å². The summed E-state index contributed by atoms with van der Waals surface area (Å²) in [6, 6.07) is 0. The van der Waals surface area contributed by atoms with Crippen molar-refractivity contribution in [1.29, 1.82) is 0 Å². The largest absolute Gasteiger partial charge is 0.381 e. The molecule has 16 heavy (non-hydrogen) atoms. The van der Waals surface area contributed by atoms with Crippen LogP contribution in [0.1, 0.15) is 26.7 Å². The van der Waals surface area contributed by atoms with Crippen molar-refractivity contribution in [2.75, 3.05) is 13.2 Å². The number of hydrogen-bond acceptors (Lipinski definition) is 5. The van der Waals surface area contributed by atoms with Crippen LogP contribution >= 0.6 is 0 Å². The number of carbonyl (C=O) groups excluding carboxylic acids is 1. The number of carbonyl (C=O) groups is 1. The van der Waals surface area contributed by atoms with Gasteiger partial charge in [0.1, 0.15) is 4.75 Å². The van der Waals surface area contributed by atoms with Crippen LogP contribution < -0.4 is 11.3 Å². The number of hydrazine groups is 1. The lowest BCUT2D eigenvalue weighted by molar-refractivity contribution is -0.122. The van der Waals surface area contributed by atoms with Crippen molar-refractivity contribution < 1.29 is 17.9 Å². The van der Waals surface area contributed by atoms with Crippen LogP contribution in [0.5, 0.6) is 0 Å². The van der Waals surface area contributed by atoms with E-state index < -0.39 is 25.7 Å². The summed E-state index contributed by atoms with van der Waals surface area (Å²) in [6.45, 7) is 3.59. The molecule has 1 amide bonds. The highest BCUT2D eigenvalue weighted by Gasteiger charge is 2.46. The van der Waals surface area contributed by atoms with Crippen molar-refractivity contribution in [3.63, 3.8) is 0 Å². The van der Waals surface area contributed by atoms with Crippen LogP contribution in [0.15, 0.2) is 0 Å². The van der Waals surface area contributed by atoms with E-state index in [1.165, 1.54) is 13.8 Å². The first-order valence-electron chi connectivity index (χ1n) is 5.16. The van der Waals surface area contributed by atoms with E-state index in [-0.39, 0.29) is 0 Å². The molecule has 1 saturated heterocycles. The maximum absolute atomic E-state index is 12.2. The van der Waals surface area contributed by atoms with Gasteiger partial charge in [-0.1, -0.05) is 0 Å². The summed E-state index contributed by atoms with van der Waals surface area (Å²) in [6.07, 6.45) is 0.868. The minimum Gasteiger partial charge on any atom is -0.381 e. The normalized spacial score (nSPS) is 19.4. The summed E-state index contributed by atoms with van der Waals surface area (Å²) >= 11 is 0. The number of hydrogen-bond donors (Lipinski definition) is 2. The van der Waals surface area contributed by atoms with Crippen LogP contribution in [-0.2, 0) is 19.4 Å². The molecular formula is C9H18N2O4S. The number of ether oxygens (including phenoxy) is 1. The Morgan fingerprint density at radius 2 is 1.88 bits per heavy atom. The van der Waals surface area contributed by atoms with E-state index in [0.29, 0.717) is 26.1 Å². The molecule has 0 aromatic rings. The Morgan fingerprint density at radius 1 is 1.38 bits per heavy atom. The molecule has 0 saturated carbocycles. The molecule has 1 rings (SSSR count). The van der Waals surface area contributed by atoms with E-state index in [4.69, 9.17) is 10.6 Å². The second-order valence-electron chi connectivity index (χ2n) is 4.34. The average molecular weight is 250 g/mol. The third-order valence-corrected chi connectivity index (χ3v) is 5.95. The van der Waals surface area contributed by atoms with Gasteiger partial charge >= 0.3 is 0 Å². The quantitative estimate of drug-likeness (QED) is 0.394. The summed E-state index contributed by atoms with van der Waals surface area (Å²) in [5.74, 6) is 4.31. The van der Waals surface area contributed by atoms with Gasteiger partial charge in [-0.2, -0.15) is 0 Å². The van der Waals surface area contributed by atoms with Gasteiger partial charge in [-0.3, -0.25) is 10.2 Å². The Kier molecular flexibility index (Phi) is 3.92. The highest BCUT2D eigenvalue weighted by atomic mass is 32.2. The summed E-state index contributed by atoms with van der Waals surface area (Å²) in [4.78, 5) is 11.5. The second kappa shape index (κ2) is 4.68. The molecule has 1 aliphatic heterocycles. The van der Waals surface area contributed by atoms with E-state index >= 15 is 0 Å². The third-order valence-electron chi connectivity index (χ3n) is 3.00. The van der Waals surface area contributed by atoms with E-state index in [2.05, 4.69) is 0 Å². The fraction of sp³-hybridized carbons (Fsp3) is 0.889. The van der Waals surface area contributed by atoms with E-state index in [9.17, 15) is 13.2 Å². The van der Waals surface area contributed by atoms with Crippen molar-refractivity contribution in [3.8, 4) is 0 Å². The Bertz CT molecular complexity index is 358. The highest BCUT2D eigenvalue weighted by Crippen LogP contribution is 2.27. The number of nitrogens with one attached hydrogen (secondary N) is 1. The number of nitrogens with two attached hydrogens (primary N) is 1. The zero-order valence-corrected chi connectivity index (χ0v) is 10.3. The lowest BCUT2D eigenvalue weighted by Crippen LogP contribution is -2.54. The summed E-state index contributed by atoms with van der Waals surface area (Å²) < 4.78 is 28.1. The minimum absolute atomic E-state index is 0.421.